The van der Waals surface area contributed by atoms with E-state index >= 15 is 0 Å². The summed E-state index contributed by atoms with van der Waals surface area (Å²) in [5.41, 5.74) is 0. The predicted molar refractivity (Wildman–Crippen MR) is 220 cm³/mol. The molecule has 0 aliphatic carbocycles. The largest absolute Gasteiger partial charge is 0.394 e. The van der Waals surface area contributed by atoms with Gasteiger partial charge in [0.05, 0.1) is 46.2 Å². The highest BCUT2D eigenvalue weighted by atomic mass is 16.8. The Morgan fingerprint density at radius 1 is 0.284 bits per heavy atom. The summed E-state index contributed by atoms with van der Waals surface area (Å²) in [7, 11) is 0. The van der Waals surface area contributed by atoms with E-state index in [0.29, 0.717) is 0 Å². The van der Waals surface area contributed by atoms with Gasteiger partial charge in [-0.05, 0) is 0 Å². The van der Waals surface area contributed by atoms with Crippen molar-refractivity contribution in [1.29, 1.82) is 0 Å². The molecule has 7 fully saturated rings. The van der Waals surface area contributed by atoms with Crippen LogP contribution in [0.15, 0.2) is 0 Å². The van der Waals surface area contributed by atoms with Gasteiger partial charge >= 0.3 is 0 Å². The van der Waals surface area contributed by atoms with Gasteiger partial charge in [0.1, 0.15) is 159 Å². The Morgan fingerprint density at radius 3 is 1.07 bits per heavy atom. The Labute approximate surface area is 417 Å². The smallest absolute Gasteiger partial charge is 0.187 e. The zero-order chi connectivity index (χ0) is 54.2. The lowest BCUT2D eigenvalue weighted by Gasteiger charge is -2.49. The molecule has 0 amide bonds. The SMILES string of the molecule is OC[C@H]1O[C@@H](O[C@H]2[C@@H](OC[C@H]3O[C@@H](O[C@H]4[C@H](O)[C@@H](O)[C@H](O)O[C@@H]4CO)[C@H](O)[C@@H](O)[C@@H]3O[C@@H]3O[C@H](CO[C@H]4OC[C@@H](O)[C@H](O)[C@H]4O)[C@@H](O[C@@H]4O[C@H](CO)[C@@H](O)[C@H](O)[C@H]4O)[C@@H](O)[C@H]3O)OC[C@@H](O)[C@@H]2O)[C@H](O)[C@@H](O)[C@H]1O. The summed E-state index contributed by atoms with van der Waals surface area (Å²) in [6.45, 7) is -5.80. The maximum atomic E-state index is 11.8. The van der Waals surface area contributed by atoms with E-state index in [0.717, 1.165) is 0 Å². The first-order valence-electron chi connectivity index (χ1n) is 23.5. The lowest BCUT2D eigenvalue weighted by atomic mass is 9.95. The summed E-state index contributed by atoms with van der Waals surface area (Å²) in [6, 6.07) is 0. The molecule has 34 heteroatoms. The molecule has 34 nitrogen and oxygen atoms in total. The summed E-state index contributed by atoms with van der Waals surface area (Å²) in [4.78, 5) is 0. The van der Waals surface area contributed by atoms with Crippen LogP contribution in [0.25, 0.3) is 0 Å². The second-order valence-corrected chi connectivity index (χ2v) is 18.8. The molecule has 7 aliphatic heterocycles. The standard InChI is InChI=1S/C40H68O34/c41-1-10-17(48)19(50)26(57)36(67-10)72-31-13(6-64-35-25(56)15(46)8(44)4-62-35)69-39(29(60)23(31)54)73-32-14(70-38(28(59)22(32)53)71-30-12(3-43)66-34(61)24(55)21(30)52)7-65-40-33(16(47)9(45)5-63-40)74-37-27(58)20(51)18(49)11(2-42)68-37/h8-61H,1-7H2/t8-,9-,10-,11-,12-,13-,14-,15+,16+,17-,18+,19+,20+,21-,22-,23+,24-,25-,26-,27-,28-,29-,30-,31-,32-,33-,34-,35-,36+,37+,38+,39+,40-/m1/s1. The van der Waals surface area contributed by atoms with Crippen molar-refractivity contribution in [3.05, 3.63) is 0 Å². The van der Waals surface area contributed by atoms with Crippen LogP contribution in [0.5, 0.6) is 0 Å². The number of ether oxygens (including phenoxy) is 13. The van der Waals surface area contributed by atoms with Gasteiger partial charge in [-0.1, -0.05) is 0 Å². The highest BCUT2D eigenvalue weighted by molar-refractivity contribution is 4.99. The Kier molecular flexibility index (Phi) is 21.0. The van der Waals surface area contributed by atoms with Crippen molar-refractivity contribution >= 4 is 0 Å². The molecule has 0 spiro atoms. The monoisotopic (exact) mass is 1090 g/mol. The molecule has 33 atom stereocenters. The maximum Gasteiger partial charge on any atom is 0.187 e. The van der Waals surface area contributed by atoms with Gasteiger partial charge in [-0.2, -0.15) is 0 Å². The average Bonchev–Trinajstić information content (AvgIpc) is 3.38. The molecule has 7 rings (SSSR count). The fraction of sp³-hybridized carbons (Fsp3) is 1.00. The van der Waals surface area contributed by atoms with E-state index in [-0.39, 0.29) is 0 Å². The lowest BCUT2D eigenvalue weighted by molar-refractivity contribution is -0.394. The third kappa shape index (κ3) is 12.6. The molecular weight excluding hydrogens is 1020 g/mol. The number of hydrogen-bond donors (Lipinski definition) is 21. The highest BCUT2D eigenvalue weighted by Crippen LogP contribution is 2.36. The zero-order valence-corrected chi connectivity index (χ0v) is 38.7. The molecule has 0 radical (unpaired) electrons. The minimum atomic E-state index is -2.31. The van der Waals surface area contributed by atoms with Crippen LogP contribution in [0.3, 0.4) is 0 Å². The van der Waals surface area contributed by atoms with Gasteiger partial charge in [0.15, 0.2) is 44.0 Å². The Morgan fingerprint density at radius 2 is 0.622 bits per heavy atom. The van der Waals surface area contributed by atoms with Gasteiger partial charge < -0.3 is 169 Å². The summed E-state index contributed by atoms with van der Waals surface area (Å²) in [5.74, 6) is 0. The van der Waals surface area contributed by atoms with Crippen LogP contribution in [-0.4, -0.2) is 356 Å². The first-order chi connectivity index (χ1) is 35.0. The summed E-state index contributed by atoms with van der Waals surface area (Å²) in [6.07, 6.45) is -63.8. The topological polar surface area (TPSA) is 545 Å². The molecular formula is C40H68O34. The molecule has 432 valence electrons. The molecule has 0 bridgehead atoms. The van der Waals surface area contributed by atoms with E-state index in [9.17, 15) is 107 Å². The number of aliphatic hydroxyl groups is 21. The minimum absolute atomic E-state index is 0.551. The zero-order valence-electron chi connectivity index (χ0n) is 38.7. The minimum Gasteiger partial charge on any atom is -0.394 e. The molecule has 7 aliphatic rings. The van der Waals surface area contributed by atoms with Crippen LogP contribution in [0.4, 0.5) is 0 Å². The average molecular weight is 1090 g/mol. The molecule has 7 heterocycles. The fourth-order valence-corrected chi connectivity index (χ4v) is 9.21. The summed E-state index contributed by atoms with van der Waals surface area (Å²) >= 11 is 0. The Bertz CT molecular complexity index is 1710. The molecule has 74 heavy (non-hydrogen) atoms. The van der Waals surface area contributed by atoms with Crippen molar-refractivity contribution in [1.82, 2.24) is 0 Å². The van der Waals surface area contributed by atoms with Crippen molar-refractivity contribution in [3.8, 4) is 0 Å². The van der Waals surface area contributed by atoms with Crippen molar-refractivity contribution in [3.63, 3.8) is 0 Å². The molecule has 7 saturated heterocycles. The van der Waals surface area contributed by atoms with Crippen molar-refractivity contribution in [2.45, 2.75) is 203 Å². The molecule has 0 aromatic carbocycles. The van der Waals surface area contributed by atoms with Crippen LogP contribution in [0.1, 0.15) is 0 Å². The van der Waals surface area contributed by atoms with Crippen LogP contribution in [0, 0.1) is 0 Å². The summed E-state index contributed by atoms with van der Waals surface area (Å²) < 4.78 is 73.3. The second kappa shape index (κ2) is 25.8. The number of aliphatic hydroxyl groups excluding tert-OH is 21. The van der Waals surface area contributed by atoms with Crippen LogP contribution >= 0.6 is 0 Å². The van der Waals surface area contributed by atoms with Crippen LogP contribution in [0.2, 0.25) is 0 Å². The fourth-order valence-electron chi connectivity index (χ4n) is 9.21. The quantitative estimate of drug-likeness (QED) is 0.0643. The normalized spacial score (nSPS) is 53.7. The van der Waals surface area contributed by atoms with Gasteiger partial charge in [0.25, 0.3) is 0 Å². The van der Waals surface area contributed by atoms with Crippen LogP contribution in [-0.2, 0) is 61.6 Å². The third-order valence-corrected chi connectivity index (χ3v) is 13.7. The van der Waals surface area contributed by atoms with E-state index in [1.807, 2.05) is 0 Å². The van der Waals surface area contributed by atoms with Crippen molar-refractivity contribution in [2.24, 2.45) is 0 Å². The van der Waals surface area contributed by atoms with Crippen LogP contribution < -0.4 is 0 Å². The second-order valence-electron chi connectivity index (χ2n) is 18.8. The number of rotatable bonds is 17. The van der Waals surface area contributed by atoms with E-state index in [2.05, 4.69) is 0 Å². The van der Waals surface area contributed by atoms with E-state index in [1.165, 1.54) is 0 Å². The first-order valence-corrected chi connectivity index (χ1v) is 23.5. The highest BCUT2D eigenvalue weighted by Gasteiger charge is 2.57. The summed E-state index contributed by atoms with van der Waals surface area (Å²) in [5, 5.41) is 222. The molecule has 0 unspecified atom stereocenters. The Balaban J connectivity index is 1.16. The first kappa shape index (κ1) is 60.3. The molecule has 21 N–H and O–H groups in total. The van der Waals surface area contributed by atoms with Gasteiger partial charge in [0, 0.05) is 0 Å². The van der Waals surface area contributed by atoms with Gasteiger partial charge in [-0.25, -0.2) is 0 Å². The van der Waals surface area contributed by atoms with Crippen molar-refractivity contribution < 1.29 is 169 Å². The van der Waals surface area contributed by atoms with E-state index in [1.54, 1.807) is 0 Å². The molecule has 0 saturated carbocycles. The van der Waals surface area contributed by atoms with E-state index in [4.69, 9.17) is 61.6 Å². The van der Waals surface area contributed by atoms with E-state index < -0.39 is 249 Å². The Hall–Kier alpha value is -1.36. The lowest BCUT2D eigenvalue weighted by Crippen LogP contribution is -2.68. The van der Waals surface area contributed by atoms with Gasteiger partial charge in [-0.3, -0.25) is 0 Å². The molecule has 0 aromatic heterocycles. The molecule has 0 aromatic rings. The number of hydrogen-bond acceptors (Lipinski definition) is 34. The maximum absolute atomic E-state index is 11.8. The predicted octanol–water partition coefficient (Wildman–Crippen LogP) is -15.0. The van der Waals surface area contributed by atoms with Gasteiger partial charge in [-0.15, -0.1) is 0 Å². The van der Waals surface area contributed by atoms with Crippen molar-refractivity contribution in [2.75, 3.05) is 46.2 Å². The van der Waals surface area contributed by atoms with Gasteiger partial charge in [0.2, 0.25) is 0 Å². The third-order valence-electron chi connectivity index (χ3n) is 13.7.